The van der Waals surface area contributed by atoms with Crippen molar-refractivity contribution >= 4 is 8.32 Å². The van der Waals surface area contributed by atoms with Gasteiger partial charge in [-0.1, -0.05) is 20.8 Å². The highest BCUT2D eigenvalue weighted by atomic mass is 28.4. The molecule has 0 aromatic carbocycles. The lowest BCUT2D eigenvalue weighted by atomic mass is 10.1. The molecule has 6 heteroatoms. The Bertz CT molecular complexity index is 404. The van der Waals surface area contributed by atoms with Crippen LogP contribution in [0.25, 0.3) is 0 Å². The summed E-state index contributed by atoms with van der Waals surface area (Å²) >= 11 is 0. The summed E-state index contributed by atoms with van der Waals surface area (Å²) in [7, 11) is -0.168. The van der Waals surface area contributed by atoms with E-state index in [1.807, 2.05) is 13.8 Å². The maximum Gasteiger partial charge on any atom is 0.192 e. The first-order chi connectivity index (χ1) is 9.88. The molecule has 0 amide bonds. The van der Waals surface area contributed by atoms with E-state index in [0.29, 0.717) is 0 Å². The molecule has 0 saturated carbocycles. The number of fused-ring (bicyclic) bond motifs is 1. The van der Waals surface area contributed by atoms with E-state index in [1.165, 1.54) is 0 Å². The molecule has 0 spiro atoms. The number of ether oxygens (including phenoxy) is 4. The summed E-state index contributed by atoms with van der Waals surface area (Å²) in [6.45, 7) is 17.0. The van der Waals surface area contributed by atoms with Crippen molar-refractivity contribution in [2.45, 2.75) is 96.2 Å². The van der Waals surface area contributed by atoms with E-state index in [0.717, 1.165) is 0 Å². The van der Waals surface area contributed by atoms with Crippen molar-refractivity contribution in [1.82, 2.24) is 0 Å². The summed E-state index contributed by atoms with van der Waals surface area (Å²) in [6.07, 6.45) is -0.991. The molecule has 130 valence electrons. The quantitative estimate of drug-likeness (QED) is 0.739. The molecule has 2 fully saturated rings. The second-order valence-corrected chi connectivity index (χ2v) is 13.1. The minimum absolute atomic E-state index is 0.0632. The fraction of sp³-hybridized carbons (Fsp3) is 1.00. The second-order valence-electron chi connectivity index (χ2n) is 8.35. The fourth-order valence-electron chi connectivity index (χ4n) is 2.86. The predicted molar refractivity (Wildman–Crippen MR) is 87.2 cm³/mol. The van der Waals surface area contributed by atoms with E-state index in [2.05, 4.69) is 40.8 Å². The predicted octanol–water partition coefficient (Wildman–Crippen LogP) is 3.29. The Labute approximate surface area is 135 Å². The Morgan fingerprint density at radius 1 is 1.14 bits per heavy atom. The van der Waals surface area contributed by atoms with Crippen molar-refractivity contribution in [1.29, 1.82) is 0 Å². The van der Waals surface area contributed by atoms with Crippen molar-refractivity contribution < 1.29 is 23.4 Å². The average Bonchev–Trinajstić information content (AvgIpc) is 2.78. The maximum atomic E-state index is 6.46. The molecule has 0 N–H and O–H groups in total. The number of rotatable bonds is 4. The molecule has 0 unspecified atom stereocenters. The van der Waals surface area contributed by atoms with Crippen LogP contribution >= 0.6 is 0 Å². The average molecular weight is 333 g/mol. The smallest absolute Gasteiger partial charge is 0.192 e. The Hall–Kier alpha value is 0.0169. The lowest BCUT2D eigenvalue weighted by Crippen LogP contribution is -2.49. The fourth-order valence-corrected chi connectivity index (χ4v) is 4.28. The van der Waals surface area contributed by atoms with Crippen molar-refractivity contribution in [3.8, 4) is 0 Å². The van der Waals surface area contributed by atoms with E-state index in [9.17, 15) is 0 Å². The summed E-state index contributed by atoms with van der Waals surface area (Å²) in [5, 5.41) is 0.160. The third kappa shape index (κ3) is 3.42. The highest BCUT2D eigenvalue weighted by molar-refractivity contribution is 6.74. The molecule has 2 aliphatic heterocycles. The molecule has 2 heterocycles. The third-order valence-corrected chi connectivity index (χ3v) is 9.62. The maximum absolute atomic E-state index is 6.46. The summed E-state index contributed by atoms with van der Waals surface area (Å²) in [6, 6.07) is 0. The molecule has 0 radical (unpaired) electrons. The van der Waals surface area contributed by atoms with Crippen LogP contribution in [0.1, 0.15) is 41.5 Å². The highest BCUT2D eigenvalue weighted by Gasteiger charge is 2.57. The monoisotopic (exact) mass is 332 g/mol. The number of hydrogen-bond donors (Lipinski definition) is 0. The van der Waals surface area contributed by atoms with E-state index in [1.54, 1.807) is 7.11 Å². The molecule has 22 heavy (non-hydrogen) atoms. The molecule has 0 aromatic heterocycles. The van der Waals surface area contributed by atoms with Crippen LogP contribution in [-0.4, -0.2) is 51.9 Å². The molecule has 0 aliphatic carbocycles. The number of methoxy groups -OCH3 is 1. The summed E-state index contributed by atoms with van der Waals surface area (Å²) in [5.74, 6) is -0.624. The second kappa shape index (κ2) is 5.83. The molecule has 0 aromatic rings. The first-order valence-electron chi connectivity index (χ1n) is 8.10. The van der Waals surface area contributed by atoms with Crippen molar-refractivity contribution in [2.24, 2.45) is 0 Å². The van der Waals surface area contributed by atoms with Gasteiger partial charge >= 0.3 is 0 Å². The van der Waals surface area contributed by atoms with Gasteiger partial charge in [0.15, 0.2) is 20.4 Å². The zero-order valence-electron chi connectivity index (χ0n) is 15.4. The van der Waals surface area contributed by atoms with E-state index < -0.39 is 14.1 Å². The normalized spacial score (nSPS) is 36.4. The van der Waals surface area contributed by atoms with Gasteiger partial charge in [0.05, 0.1) is 6.10 Å². The van der Waals surface area contributed by atoms with Gasteiger partial charge in [-0.05, 0) is 38.9 Å². The van der Waals surface area contributed by atoms with Gasteiger partial charge in [0, 0.05) is 7.11 Å². The largest absolute Gasteiger partial charge is 0.411 e. The van der Waals surface area contributed by atoms with Crippen LogP contribution in [0.3, 0.4) is 0 Å². The lowest BCUT2D eigenvalue weighted by molar-refractivity contribution is -0.225. The van der Waals surface area contributed by atoms with Gasteiger partial charge in [-0.15, -0.1) is 0 Å². The molecule has 5 atom stereocenters. The van der Waals surface area contributed by atoms with Crippen LogP contribution < -0.4 is 0 Å². The highest BCUT2D eigenvalue weighted by Crippen LogP contribution is 2.42. The zero-order chi connectivity index (χ0) is 16.9. The van der Waals surface area contributed by atoms with Gasteiger partial charge in [-0.3, -0.25) is 0 Å². The first kappa shape index (κ1) is 18.4. The molecule has 2 aliphatic rings. The molecular formula is C16H32O5Si. The summed E-state index contributed by atoms with van der Waals surface area (Å²) in [5.41, 5.74) is 0. The van der Waals surface area contributed by atoms with Crippen LogP contribution in [0.5, 0.6) is 0 Å². The SMILES string of the molecule is CO[C@H]1[C@H]2OC(C)(C)O[C@H]2O[C@@H]1[C@H](C)O[Si](C)(C)C(C)(C)C. The van der Waals surface area contributed by atoms with Gasteiger partial charge < -0.3 is 23.4 Å². The van der Waals surface area contributed by atoms with Crippen LogP contribution in [0.2, 0.25) is 18.1 Å². The summed E-state index contributed by atoms with van der Waals surface area (Å²) in [4.78, 5) is 0. The standard InChI is InChI=1S/C16H32O5Si/c1-10(21-22(8,9)15(2,3)4)11-12(17-7)13-14(18-11)20-16(5,6)19-13/h10-14H,1-9H3/t10-,11+,12+,13+,14+/m0/s1. The third-order valence-electron chi connectivity index (χ3n) is 5.05. The molecule has 2 rings (SSSR count). The van der Waals surface area contributed by atoms with Gasteiger partial charge in [0.2, 0.25) is 0 Å². The van der Waals surface area contributed by atoms with Crippen LogP contribution in [-0.2, 0) is 23.4 Å². The molecule has 2 saturated heterocycles. The Morgan fingerprint density at radius 3 is 2.23 bits per heavy atom. The van der Waals surface area contributed by atoms with Crippen molar-refractivity contribution in [3.63, 3.8) is 0 Å². The minimum Gasteiger partial charge on any atom is -0.411 e. The van der Waals surface area contributed by atoms with Gasteiger partial charge in [-0.2, -0.15) is 0 Å². The number of hydrogen-bond acceptors (Lipinski definition) is 5. The topological polar surface area (TPSA) is 46.2 Å². The Kier molecular flexibility index (Phi) is 4.86. The molecule has 0 bridgehead atoms. The van der Waals surface area contributed by atoms with Crippen molar-refractivity contribution in [2.75, 3.05) is 7.11 Å². The van der Waals surface area contributed by atoms with Crippen LogP contribution in [0, 0.1) is 0 Å². The van der Waals surface area contributed by atoms with Gasteiger partial charge in [-0.25, -0.2) is 0 Å². The van der Waals surface area contributed by atoms with Crippen molar-refractivity contribution in [3.05, 3.63) is 0 Å². The molecular weight excluding hydrogens is 300 g/mol. The summed E-state index contributed by atoms with van der Waals surface area (Å²) < 4.78 is 29.9. The van der Waals surface area contributed by atoms with E-state index in [-0.39, 0.29) is 35.7 Å². The Balaban J connectivity index is 2.07. The molecule has 5 nitrogen and oxygen atoms in total. The van der Waals surface area contributed by atoms with E-state index in [4.69, 9.17) is 23.4 Å². The first-order valence-corrected chi connectivity index (χ1v) is 11.0. The van der Waals surface area contributed by atoms with Gasteiger partial charge in [0.1, 0.15) is 18.3 Å². The van der Waals surface area contributed by atoms with Gasteiger partial charge in [0.25, 0.3) is 0 Å². The minimum atomic E-state index is -1.86. The Morgan fingerprint density at radius 2 is 1.73 bits per heavy atom. The zero-order valence-corrected chi connectivity index (χ0v) is 16.4. The van der Waals surface area contributed by atoms with Crippen LogP contribution in [0.15, 0.2) is 0 Å². The lowest BCUT2D eigenvalue weighted by Gasteiger charge is -2.40. The van der Waals surface area contributed by atoms with E-state index >= 15 is 0 Å². The van der Waals surface area contributed by atoms with Crippen LogP contribution in [0.4, 0.5) is 0 Å².